The van der Waals surface area contributed by atoms with Crippen molar-refractivity contribution >= 4 is 5.91 Å². The number of hydrogen-bond donors (Lipinski definition) is 5. The summed E-state index contributed by atoms with van der Waals surface area (Å²) in [5, 5.41) is 43.9. The number of aliphatic hydroxyl groups excluding tert-OH is 4. The maximum Gasteiger partial charge on any atom is 0.237 e. The molecule has 2 heterocycles. The van der Waals surface area contributed by atoms with E-state index in [2.05, 4.69) is 17.1 Å². The van der Waals surface area contributed by atoms with Gasteiger partial charge in [-0.05, 0) is 31.1 Å². The number of carbonyl (C=O) groups is 1. The van der Waals surface area contributed by atoms with Crippen LogP contribution in [-0.4, -0.2) is 93.5 Å². The van der Waals surface area contributed by atoms with Crippen LogP contribution in [0, 0.1) is 11.8 Å². The number of hydrogen-bond acceptors (Lipinski definition) is 7. The van der Waals surface area contributed by atoms with Crippen LogP contribution >= 0.6 is 0 Å². The number of rotatable bonds is 12. The van der Waals surface area contributed by atoms with Crippen LogP contribution in [-0.2, 0) is 9.53 Å². The van der Waals surface area contributed by atoms with E-state index in [4.69, 9.17) is 4.74 Å². The monoisotopic (exact) mass is 458 g/mol. The molecule has 5 N–H and O–H groups in total. The minimum atomic E-state index is -1.32. The van der Waals surface area contributed by atoms with Crippen molar-refractivity contribution < 1.29 is 30.0 Å². The molecule has 1 amide bonds. The number of carbonyl (C=O) groups excluding carboxylic acids is 1. The molecule has 0 aliphatic carbocycles. The molecule has 8 atom stereocenters. The SMILES string of the molecule is CCCCCC1CC(C(=O)NC(C(C)C)C2OC(CCC)C(O)C(O)C2O)N(CCO)C1. The largest absolute Gasteiger partial charge is 0.395 e. The fourth-order valence-corrected chi connectivity index (χ4v) is 5.23. The number of β-amino-alcohol motifs (C(OH)–C–C–N with tert-alkyl or cyclic N) is 1. The van der Waals surface area contributed by atoms with E-state index in [1.54, 1.807) is 0 Å². The van der Waals surface area contributed by atoms with E-state index in [1.165, 1.54) is 6.42 Å². The van der Waals surface area contributed by atoms with Gasteiger partial charge in [0.25, 0.3) is 0 Å². The van der Waals surface area contributed by atoms with E-state index in [9.17, 15) is 25.2 Å². The third-order valence-corrected chi connectivity index (χ3v) is 7.10. The Morgan fingerprint density at radius 2 is 1.78 bits per heavy atom. The third kappa shape index (κ3) is 6.87. The summed E-state index contributed by atoms with van der Waals surface area (Å²) in [5.74, 6) is 0.263. The Hall–Kier alpha value is -0.770. The van der Waals surface area contributed by atoms with Crippen molar-refractivity contribution in [3.05, 3.63) is 0 Å². The number of amides is 1. The van der Waals surface area contributed by atoms with E-state index in [0.29, 0.717) is 18.9 Å². The maximum atomic E-state index is 13.3. The fourth-order valence-electron chi connectivity index (χ4n) is 5.23. The van der Waals surface area contributed by atoms with Crippen LogP contribution in [0.5, 0.6) is 0 Å². The lowest BCUT2D eigenvalue weighted by Gasteiger charge is -2.45. The highest BCUT2D eigenvalue weighted by atomic mass is 16.5. The second kappa shape index (κ2) is 13.2. The molecule has 188 valence electrons. The van der Waals surface area contributed by atoms with Crippen LogP contribution in [0.4, 0.5) is 0 Å². The molecular weight excluding hydrogens is 412 g/mol. The predicted octanol–water partition coefficient (Wildman–Crippen LogP) is 1.04. The van der Waals surface area contributed by atoms with Crippen molar-refractivity contribution in [2.45, 2.75) is 115 Å². The zero-order valence-electron chi connectivity index (χ0n) is 20.3. The van der Waals surface area contributed by atoms with E-state index in [1.807, 2.05) is 20.8 Å². The van der Waals surface area contributed by atoms with Gasteiger partial charge < -0.3 is 30.5 Å². The maximum absolute atomic E-state index is 13.3. The average molecular weight is 459 g/mol. The smallest absolute Gasteiger partial charge is 0.237 e. The zero-order valence-corrected chi connectivity index (χ0v) is 20.3. The van der Waals surface area contributed by atoms with Crippen LogP contribution < -0.4 is 5.32 Å². The zero-order chi connectivity index (χ0) is 23.8. The Balaban J connectivity index is 2.10. The molecule has 0 saturated carbocycles. The number of ether oxygens (including phenoxy) is 1. The standard InChI is InChI=1S/C24H46N2O6/c1-5-7-8-10-16-13-17(26(14-16)11-12-27)24(31)25-19(15(3)4)23-22(30)21(29)20(28)18(32-23)9-6-2/h15-23,27-30H,5-14H2,1-4H3,(H,25,31). The van der Waals surface area contributed by atoms with Crippen LogP contribution in [0.3, 0.4) is 0 Å². The van der Waals surface area contributed by atoms with Crippen molar-refractivity contribution in [3.63, 3.8) is 0 Å². The molecule has 2 fully saturated rings. The quantitative estimate of drug-likeness (QED) is 0.277. The first kappa shape index (κ1) is 27.5. The number of nitrogens with zero attached hydrogens (tertiary/aromatic N) is 1. The first-order valence-electron chi connectivity index (χ1n) is 12.6. The van der Waals surface area contributed by atoms with Gasteiger partial charge in [-0.3, -0.25) is 9.69 Å². The minimum Gasteiger partial charge on any atom is -0.395 e. The highest BCUT2D eigenvalue weighted by Gasteiger charge is 2.48. The van der Waals surface area contributed by atoms with Gasteiger partial charge in [0.2, 0.25) is 5.91 Å². The molecule has 0 aromatic carbocycles. The second-order valence-electron chi connectivity index (χ2n) is 10.0. The van der Waals surface area contributed by atoms with Crippen LogP contribution in [0.15, 0.2) is 0 Å². The van der Waals surface area contributed by atoms with E-state index in [-0.39, 0.29) is 24.5 Å². The summed E-state index contributed by atoms with van der Waals surface area (Å²) in [5.41, 5.74) is 0. The van der Waals surface area contributed by atoms with Gasteiger partial charge in [-0.25, -0.2) is 0 Å². The van der Waals surface area contributed by atoms with Gasteiger partial charge >= 0.3 is 0 Å². The Bertz CT molecular complexity index is 563. The van der Waals surface area contributed by atoms with Gasteiger partial charge in [0, 0.05) is 13.1 Å². The normalized spacial score (nSPS) is 34.7. The topological polar surface area (TPSA) is 122 Å². The summed E-state index contributed by atoms with van der Waals surface area (Å²) in [6.07, 6.45) is 1.54. The number of aliphatic hydroxyl groups is 4. The number of likely N-dealkylation sites (tertiary alicyclic amines) is 1. The highest BCUT2D eigenvalue weighted by molar-refractivity contribution is 5.82. The van der Waals surface area contributed by atoms with E-state index >= 15 is 0 Å². The summed E-state index contributed by atoms with van der Waals surface area (Å²) in [6.45, 7) is 9.31. The molecule has 32 heavy (non-hydrogen) atoms. The number of nitrogens with one attached hydrogen (secondary N) is 1. The molecule has 2 rings (SSSR count). The Kier molecular flexibility index (Phi) is 11.3. The molecule has 0 aromatic heterocycles. The Morgan fingerprint density at radius 3 is 2.38 bits per heavy atom. The Morgan fingerprint density at radius 1 is 1.06 bits per heavy atom. The van der Waals surface area contributed by atoms with Crippen molar-refractivity contribution in [3.8, 4) is 0 Å². The molecular formula is C24H46N2O6. The van der Waals surface area contributed by atoms with E-state index < -0.39 is 36.6 Å². The predicted molar refractivity (Wildman–Crippen MR) is 123 cm³/mol. The summed E-state index contributed by atoms with van der Waals surface area (Å²) < 4.78 is 6.04. The van der Waals surface area contributed by atoms with Gasteiger partial charge in [-0.15, -0.1) is 0 Å². The molecule has 0 spiro atoms. The summed E-state index contributed by atoms with van der Waals surface area (Å²) in [4.78, 5) is 15.4. The molecule has 0 radical (unpaired) electrons. The summed E-state index contributed by atoms with van der Waals surface area (Å²) >= 11 is 0. The highest BCUT2D eigenvalue weighted by Crippen LogP contribution is 2.30. The first-order chi connectivity index (χ1) is 15.2. The molecule has 2 aliphatic heterocycles. The molecule has 2 saturated heterocycles. The van der Waals surface area contributed by atoms with Crippen molar-refractivity contribution in [1.82, 2.24) is 10.2 Å². The summed E-state index contributed by atoms with van der Waals surface area (Å²) in [7, 11) is 0. The van der Waals surface area contributed by atoms with Crippen LogP contribution in [0.1, 0.15) is 72.6 Å². The molecule has 2 aliphatic rings. The molecule has 8 unspecified atom stereocenters. The molecule has 8 heteroatoms. The molecule has 0 bridgehead atoms. The molecule has 0 aromatic rings. The van der Waals surface area contributed by atoms with Gasteiger partial charge in [0.05, 0.1) is 24.8 Å². The van der Waals surface area contributed by atoms with Crippen LogP contribution in [0.25, 0.3) is 0 Å². The fraction of sp³-hybridized carbons (Fsp3) is 0.958. The summed E-state index contributed by atoms with van der Waals surface area (Å²) in [6, 6.07) is -0.827. The van der Waals surface area contributed by atoms with Crippen molar-refractivity contribution in [2.24, 2.45) is 11.8 Å². The van der Waals surface area contributed by atoms with Gasteiger partial charge in [0.1, 0.15) is 24.4 Å². The van der Waals surface area contributed by atoms with Gasteiger partial charge in [0.15, 0.2) is 0 Å². The van der Waals surface area contributed by atoms with E-state index in [0.717, 1.165) is 38.6 Å². The van der Waals surface area contributed by atoms with Gasteiger partial charge in [-0.1, -0.05) is 53.4 Å². The van der Waals surface area contributed by atoms with Crippen molar-refractivity contribution in [2.75, 3.05) is 19.7 Å². The van der Waals surface area contributed by atoms with Crippen LogP contribution in [0.2, 0.25) is 0 Å². The van der Waals surface area contributed by atoms with Crippen molar-refractivity contribution in [1.29, 1.82) is 0 Å². The molecule has 8 nitrogen and oxygen atoms in total. The first-order valence-corrected chi connectivity index (χ1v) is 12.6. The average Bonchev–Trinajstić information content (AvgIpc) is 3.16. The number of unbranched alkanes of at least 4 members (excludes halogenated alkanes) is 2. The van der Waals surface area contributed by atoms with Gasteiger partial charge in [-0.2, -0.15) is 0 Å². The lowest BCUT2D eigenvalue weighted by atomic mass is 9.85. The second-order valence-corrected chi connectivity index (χ2v) is 10.0. The lowest BCUT2D eigenvalue weighted by Crippen LogP contribution is -2.65. The minimum absolute atomic E-state index is 0.00625. The lowest BCUT2D eigenvalue weighted by molar-refractivity contribution is -0.232. The third-order valence-electron chi connectivity index (χ3n) is 7.10. The Labute approximate surface area is 193 Å².